The van der Waals surface area contributed by atoms with E-state index in [4.69, 9.17) is 19.2 Å². The number of ether oxygens (including phenoxy) is 3. The molecule has 32 heavy (non-hydrogen) atoms. The van der Waals surface area contributed by atoms with Crippen LogP contribution in [0.15, 0.2) is 42.5 Å². The van der Waals surface area contributed by atoms with Gasteiger partial charge < -0.3 is 14.2 Å². The van der Waals surface area contributed by atoms with Crippen molar-refractivity contribution in [2.45, 2.75) is 33.1 Å². The monoisotopic (exact) mass is 433 g/mol. The Kier molecular flexibility index (Phi) is 6.16. The summed E-state index contributed by atoms with van der Waals surface area (Å²) in [5.74, 6) is -1.73. The van der Waals surface area contributed by atoms with Gasteiger partial charge in [-0.3, -0.25) is 4.98 Å². The summed E-state index contributed by atoms with van der Waals surface area (Å²) in [6.45, 7) is 3.71. The van der Waals surface area contributed by atoms with Crippen molar-refractivity contribution in [3.05, 3.63) is 70.4 Å². The summed E-state index contributed by atoms with van der Waals surface area (Å²) in [4.78, 5) is 42.6. The molecule has 0 aliphatic heterocycles. The molecule has 1 aliphatic rings. The van der Waals surface area contributed by atoms with Crippen molar-refractivity contribution in [2.24, 2.45) is 0 Å². The molecule has 0 unspecified atom stereocenters. The standard InChI is InChI=1S/C25H23NO6/c1-3-30-23(27)15-12-16(24(28)31-4-2)14-17(13-15)32-25(29)22-18-8-5-6-10-20(18)26-21-11-7-9-19(21)22/h5-6,8,10,12-14H,3-4,7,9,11H2,1-2H3. The van der Waals surface area contributed by atoms with Crippen molar-refractivity contribution < 1.29 is 28.6 Å². The van der Waals surface area contributed by atoms with Crippen LogP contribution in [0.25, 0.3) is 10.9 Å². The van der Waals surface area contributed by atoms with E-state index in [1.165, 1.54) is 18.2 Å². The number of benzene rings is 2. The number of hydrogen-bond donors (Lipinski definition) is 0. The zero-order valence-corrected chi connectivity index (χ0v) is 18.0. The predicted molar refractivity (Wildman–Crippen MR) is 117 cm³/mol. The van der Waals surface area contributed by atoms with Gasteiger partial charge in [-0.05, 0) is 62.9 Å². The van der Waals surface area contributed by atoms with E-state index in [2.05, 4.69) is 0 Å². The lowest BCUT2D eigenvalue weighted by Gasteiger charge is -2.13. The molecule has 1 aromatic heterocycles. The molecule has 0 N–H and O–H groups in total. The molecule has 0 bridgehead atoms. The third-order valence-corrected chi connectivity index (χ3v) is 5.26. The van der Waals surface area contributed by atoms with E-state index in [-0.39, 0.29) is 30.1 Å². The smallest absolute Gasteiger partial charge is 0.344 e. The van der Waals surface area contributed by atoms with Crippen molar-refractivity contribution in [2.75, 3.05) is 13.2 Å². The summed E-state index contributed by atoms with van der Waals surface area (Å²) in [6, 6.07) is 11.6. The molecule has 3 aromatic rings. The molecule has 0 atom stereocenters. The Morgan fingerprint density at radius 3 is 2.19 bits per heavy atom. The number of hydrogen-bond acceptors (Lipinski definition) is 7. The number of fused-ring (bicyclic) bond motifs is 2. The Morgan fingerprint density at radius 2 is 1.53 bits per heavy atom. The number of aryl methyl sites for hydroxylation is 1. The molecule has 164 valence electrons. The van der Waals surface area contributed by atoms with Gasteiger partial charge in [0.1, 0.15) is 5.75 Å². The second-order valence-electron chi connectivity index (χ2n) is 7.36. The zero-order chi connectivity index (χ0) is 22.7. The average molecular weight is 433 g/mol. The van der Waals surface area contributed by atoms with E-state index in [1.54, 1.807) is 13.8 Å². The highest BCUT2D eigenvalue weighted by Gasteiger charge is 2.26. The number of aromatic nitrogens is 1. The van der Waals surface area contributed by atoms with Crippen LogP contribution in [0.4, 0.5) is 0 Å². The summed E-state index contributed by atoms with van der Waals surface area (Å²) in [5.41, 5.74) is 3.20. The number of pyridine rings is 1. The number of para-hydroxylation sites is 1. The molecule has 2 aromatic carbocycles. The van der Waals surface area contributed by atoms with Crippen molar-refractivity contribution >= 4 is 28.8 Å². The van der Waals surface area contributed by atoms with Gasteiger partial charge >= 0.3 is 17.9 Å². The lowest BCUT2D eigenvalue weighted by Crippen LogP contribution is -2.15. The molecule has 0 amide bonds. The van der Waals surface area contributed by atoms with Gasteiger partial charge in [0, 0.05) is 11.1 Å². The molecule has 4 rings (SSSR count). The van der Waals surface area contributed by atoms with Crippen molar-refractivity contribution in [1.82, 2.24) is 4.98 Å². The van der Waals surface area contributed by atoms with E-state index < -0.39 is 17.9 Å². The lowest BCUT2D eigenvalue weighted by molar-refractivity contribution is 0.0521. The summed E-state index contributed by atoms with van der Waals surface area (Å²) in [6.07, 6.45) is 2.48. The van der Waals surface area contributed by atoms with Crippen molar-refractivity contribution in [1.29, 1.82) is 0 Å². The van der Waals surface area contributed by atoms with Crippen LogP contribution < -0.4 is 4.74 Å². The van der Waals surface area contributed by atoms with Crippen LogP contribution in [-0.4, -0.2) is 36.1 Å². The molecule has 7 heteroatoms. The van der Waals surface area contributed by atoms with E-state index in [0.717, 1.165) is 36.0 Å². The molecule has 0 radical (unpaired) electrons. The summed E-state index contributed by atoms with van der Waals surface area (Å²) in [5, 5.41) is 0.713. The molecule has 0 saturated heterocycles. The number of carbonyl (C=O) groups excluding carboxylic acids is 3. The topological polar surface area (TPSA) is 91.8 Å². The first-order valence-corrected chi connectivity index (χ1v) is 10.6. The normalized spacial score (nSPS) is 12.3. The highest BCUT2D eigenvalue weighted by atomic mass is 16.5. The fraction of sp³-hybridized carbons (Fsp3) is 0.280. The number of esters is 3. The Balaban J connectivity index is 1.75. The quantitative estimate of drug-likeness (QED) is 0.423. The maximum atomic E-state index is 13.3. The number of nitrogens with zero attached hydrogens (tertiary/aromatic N) is 1. The first-order valence-electron chi connectivity index (χ1n) is 10.6. The minimum Gasteiger partial charge on any atom is -0.462 e. The van der Waals surface area contributed by atoms with Crippen LogP contribution in [0.3, 0.4) is 0 Å². The zero-order valence-electron chi connectivity index (χ0n) is 18.0. The van der Waals surface area contributed by atoms with Gasteiger partial charge in [0.2, 0.25) is 0 Å². The SMILES string of the molecule is CCOC(=O)c1cc(OC(=O)c2c3c(nc4ccccc24)CCC3)cc(C(=O)OCC)c1. The Hall–Kier alpha value is -3.74. The fourth-order valence-corrected chi connectivity index (χ4v) is 3.92. The third-order valence-electron chi connectivity index (χ3n) is 5.26. The maximum absolute atomic E-state index is 13.3. The van der Waals surface area contributed by atoms with E-state index in [0.29, 0.717) is 10.9 Å². The van der Waals surface area contributed by atoms with Gasteiger partial charge in [-0.1, -0.05) is 18.2 Å². The lowest BCUT2D eigenvalue weighted by atomic mass is 10.0. The first kappa shape index (κ1) is 21.5. The van der Waals surface area contributed by atoms with Crippen LogP contribution in [0.5, 0.6) is 5.75 Å². The molecule has 0 spiro atoms. The van der Waals surface area contributed by atoms with Gasteiger partial charge in [0.05, 0.1) is 35.4 Å². The second kappa shape index (κ2) is 9.18. The maximum Gasteiger partial charge on any atom is 0.344 e. The highest BCUT2D eigenvalue weighted by Crippen LogP contribution is 2.31. The van der Waals surface area contributed by atoms with E-state index in [9.17, 15) is 14.4 Å². The molecule has 1 aliphatic carbocycles. The van der Waals surface area contributed by atoms with Crippen LogP contribution in [0, 0.1) is 0 Å². The third kappa shape index (κ3) is 4.19. The molecular weight excluding hydrogens is 410 g/mol. The Morgan fingerprint density at radius 1 is 0.875 bits per heavy atom. The second-order valence-corrected chi connectivity index (χ2v) is 7.36. The van der Waals surface area contributed by atoms with Crippen LogP contribution in [0.2, 0.25) is 0 Å². The molecule has 0 fully saturated rings. The first-order chi connectivity index (χ1) is 15.5. The van der Waals surface area contributed by atoms with Gasteiger partial charge in [-0.15, -0.1) is 0 Å². The fourth-order valence-electron chi connectivity index (χ4n) is 3.92. The summed E-state index contributed by atoms with van der Waals surface area (Å²) in [7, 11) is 0. The summed E-state index contributed by atoms with van der Waals surface area (Å²) < 4.78 is 15.8. The molecule has 7 nitrogen and oxygen atoms in total. The van der Waals surface area contributed by atoms with Gasteiger partial charge in [-0.25, -0.2) is 14.4 Å². The van der Waals surface area contributed by atoms with Gasteiger partial charge in [0.15, 0.2) is 0 Å². The molecular formula is C25H23NO6. The van der Waals surface area contributed by atoms with E-state index >= 15 is 0 Å². The predicted octanol–water partition coefficient (Wildman–Crippen LogP) is 4.30. The van der Waals surface area contributed by atoms with Gasteiger partial charge in [0.25, 0.3) is 0 Å². The van der Waals surface area contributed by atoms with Crippen LogP contribution in [-0.2, 0) is 22.3 Å². The minimum absolute atomic E-state index is 0.0660. The minimum atomic E-state index is -0.619. The van der Waals surface area contributed by atoms with Crippen LogP contribution >= 0.6 is 0 Å². The Labute approximate surface area is 185 Å². The molecule has 0 saturated carbocycles. The van der Waals surface area contributed by atoms with Crippen molar-refractivity contribution in [3.8, 4) is 5.75 Å². The van der Waals surface area contributed by atoms with Crippen molar-refractivity contribution in [3.63, 3.8) is 0 Å². The summed E-state index contributed by atoms with van der Waals surface area (Å²) >= 11 is 0. The molecule has 1 heterocycles. The van der Waals surface area contributed by atoms with Crippen LogP contribution in [0.1, 0.15) is 62.6 Å². The largest absolute Gasteiger partial charge is 0.462 e. The average Bonchev–Trinajstić information content (AvgIpc) is 3.25. The number of carbonyl (C=O) groups is 3. The highest BCUT2D eigenvalue weighted by molar-refractivity contribution is 6.06. The van der Waals surface area contributed by atoms with E-state index in [1.807, 2.05) is 24.3 Å². The number of rotatable bonds is 6. The van der Waals surface area contributed by atoms with Gasteiger partial charge in [-0.2, -0.15) is 0 Å². The Bertz CT molecular complexity index is 1180.